The minimum atomic E-state index is 0.637. The van der Waals surface area contributed by atoms with Crippen molar-refractivity contribution >= 4 is 12.1 Å². The number of nitrogens with one attached hydrogen (secondary N) is 2. The van der Waals surface area contributed by atoms with Gasteiger partial charge in [0.2, 0.25) is 0 Å². The highest BCUT2D eigenvalue weighted by Crippen LogP contribution is 2.39. The van der Waals surface area contributed by atoms with Crippen LogP contribution in [0.5, 0.6) is 0 Å². The van der Waals surface area contributed by atoms with E-state index in [0.29, 0.717) is 11.8 Å². The van der Waals surface area contributed by atoms with E-state index in [0.717, 1.165) is 19.8 Å². The molecule has 0 saturated carbocycles. The number of hydrogen-bond acceptors (Lipinski definition) is 5. The van der Waals surface area contributed by atoms with Gasteiger partial charge in [-0.2, -0.15) is 0 Å². The fourth-order valence-electron chi connectivity index (χ4n) is 5.26. The second-order valence-electron chi connectivity index (χ2n) is 10.6. The molecule has 0 aromatic rings. The van der Waals surface area contributed by atoms with Crippen LogP contribution in [0.15, 0.2) is 44.8 Å². The van der Waals surface area contributed by atoms with Crippen LogP contribution in [-0.4, -0.2) is 42.1 Å². The molecule has 0 bridgehead atoms. The summed E-state index contributed by atoms with van der Waals surface area (Å²) in [6.07, 6.45) is 5.11. The molecule has 2 saturated heterocycles. The van der Waals surface area contributed by atoms with Gasteiger partial charge in [0.15, 0.2) is 0 Å². The predicted octanol–water partition coefficient (Wildman–Crippen LogP) is 6.38. The van der Waals surface area contributed by atoms with Gasteiger partial charge < -0.3 is 9.21 Å². The summed E-state index contributed by atoms with van der Waals surface area (Å²) in [5, 5.41) is 3.52. The topological polar surface area (TPSA) is 30.5 Å². The van der Waals surface area contributed by atoms with Crippen LogP contribution in [0.2, 0.25) is 0 Å². The lowest BCUT2D eigenvalue weighted by Gasteiger charge is -2.40. The molecule has 2 N–H and O–H groups in total. The molecule has 4 nitrogen and oxygen atoms in total. The first-order valence-electron chi connectivity index (χ1n) is 12.6. The van der Waals surface area contributed by atoms with E-state index >= 15 is 0 Å². The first-order valence-corrected chi connectivity index (χ1v) is 13.4. The monoisotopic (exact) mass is 458 g/mol. The first kappa shape index (κ1) is 25.5. The van der Waals surface area contributed by atoms with E-state index in [1.165, 1.54) is 55.6 Å². The normalized spacial score (nSPS) is 21.6. The van der Waals surface area contributed by atoms with Crippen LogP contribution in [0.1, 0.15) is 81.1 Å². The number of allylic oxidation sites excluding steroid dienone is 4. The summed E-state index contributed by atoms with van der Waals surface area (Å²) in [6.45, 7) is 23.8. The Morgan fingerprint density at radius 1 is 0.781 bits per heavy atom. The largest absolute Gasteiger partial charge is 0.359 e. The molecule has 0 aromatic heterocycles. The fourth-order valence-corrected chi connectivity index (χ4v) is 6.17. The van der Waals surface area contributed by atoms with E-state index in [1.54, 1.807) is 40.1 Å². The number of hydrogen-bond donors (Lipinski definition) is 2. The van der Waals surface area contributed by atoms with Crippen molar-refractivity contribution in [2.45, 2.75) is 81.1 Å². The van der Waals surface area contributed by atoms with E-state index in [2.05, 4.69) is 74.6 Å². The second kappa shape index (κ2) is 11.3. The van der Waals surface area contributed by atoms with Crippen LogP contribution in [0.4, 0.5) is 0 Å². The van der Waals surface area contributed by atoms with Crippen LogP contribution >= 0.6 is 12.1 Å². The van der Waals surface area contributed by atoms with Crippen molar-refractivity contribution < 1.29 is 0 Å². The van der Waals surface area contributed by atoms with Crippen molar-refractivity contribution in [1.29, 1.82) is 0 Å². The standard InChI is InChI=1S/C14H24N2.C13H22N2S/c1-10(2)12-6-5-7-16-9-15-8-13(11(3)4)14(12)16;1-9(2)11-6-5-7-15-13(11)12(10(3)4)8-14-16-15/h11,15H,5-9H2,1-4H3;10,14H,5-8H2,1-4H3. The summed E-state index contributed by atoms with van der Waals surface area (Å²) < 4.78 is 5.89. The van der Waals surface area contributed by atoms with Crippen molar-refractivity contribution in [3.05, 3.63) is 44.8 Å². The smallest absolute Gasteiger partial charge is 0.0684 e. The van der Waals surface area contributed by atoms with Crippen LogP contribution in [0.25, 0.3) is 0 Å². The average Bonchev–Trinajstić information content (AvgIpc) is 2.77. The Kier molecular flexibility index (Phi) is 8.99. The van der Waals surface area contributed by atoms with Gasteiger partial charge in [0, 0.05) is 44.0 Å². The van der Waals surface area contributed by atoms with Crippen LogP contribution in [-0.2, 0) is 0 Å². The summed E-state index contributed by atoms with van der Waals surface area (Å²) in [6, 6.07) is 0. The van der Waals surface area contributed by atoms with Gasteiger partial charge in [-0.1, -0.05) is 38.8 Å². The summed E-state index contributed by atoms with van der Waals surface area (Å²) in [4.78, 5) is 2.53. The third-order valence-electron chi connectivity index (χ3n) is 7.04. The van der Waals surface area contributed by atoms with Crippen LogP contribution in [0.3, 0.4) is 0 Å². The zero-order valence-electron chi connectivity index (χ0n) is 21.8. The van der Waals surface area contributed by atoms with Crippen LogP contribution < -0.4 is 10.0 Å². The molecule has 0 radical (unpaired) electrons. The third-order valence-corrected chi connectivity index (χ3v) is 7.90. The lowest BCUT2D eigenvalue weighted by molar-refractivity contribution is 0.272. The van der Waals surface area contributed by atoms with E-state index in [-0.39, 0.29) is 0 Å². The Balaban J connectivity index is 0.000000181. The minimum Gasteiger partial charge on any atom is -0.359 e. The maximum absolute atomic E-state index is 3.52. The van der Waals surface area contributed by atoms with Crippen molar-refractivity contribution in [1.82, 2.24) is 19.2 Å². The molecule has 0 atom stereocenters. The van der Waals surface area contributed by atoms with E-state index < -0.39 is 0 Å². The summed E-state index contributed by atoms with van der Waals surface area (Å²) >= 11 is 1.78. The zero-order valence-corrected chi connectivity index (χ0v) is 22.6. The SMILES string of the molecule is CC(C)=C1CCCN2CNCC(C(C)C)=C12.CC(C)=C1CCCN2SNCC(C(C)C)=C12. The Bertz CT molecular complexity index is 740. The summed E-state index contributed by atoms with van der Waals surface area (Å²) in [5.74, 6) is 1.29. The number of piperidine rings is 2. The Morgan fingerprint density at radius 3 is 1.94 bits per heavy atom. The molecule has 4 aliphatic heterocycles. The molecule has 4 rings (SSSR count). The molecule has 32 heavy (non-hydrogen) atoms. The highest BCUT2D eigenvalue weighted by Gasteiger charge is 2.29. The third kappa shape index (κ3) is 5.66. The second-order valence-corrected chi connectivity index (χ2v) is 11.5. The molecular formula is C27H46N4S. The Hall–Kier alpha value is -1.17. The Morgan fingerprint density at radius 2 is 1.34 bits per heavy atom. The van der Waals surface area contributed by atoms with Gasteiger partial charge in [-0.25, -0.2) is 4.72 Å². The maximum atomic E-state index is 3.52. The average molecular weight is 459 g/mol. The van der Waals surface area contributed by atoms with Gasteiger partial charge in [-0.3, -0.25) is 5.32 Å². The molecule has 4 heterocycles. The molecule has 180 valence electrons. The van der Waals surface area contributed by atoms with Crippen LogP contribution in [0, 0.1) is 11.8 Å². The molecule has 0 amide bonds. The molecular weight excluding hydrogens is 412 g/mol. The van der Waals surface area contributed by atoms with E-state index in [1.807, 2.05) is 0 Å². The molecule has 5 heteroatoms. The molecule has 0 spiro atoms. The molecule has 0 aliphatic carbocycles. The van der Waals surface area contributed by atoms with Gasteiger partial charge in [-0.05, 0) is 87.5 Å². The van der Waals surface area contributed by atoms with Gasteiger partial charge in [0.25, 0.3) is 0 Å². The van der Waals surface area contributed by atoms with Crippen molar-refractivity contribution in [2.24, 2.45) is 11.8 Å². The quantitative estimate of drug-likeness (QED) is 0.469. The first-order chi connectivity index (χ1) is 15.2. The van der Waals surface area contributed by atoms with Gasteiger partial charge in [0.05, 0.1) is 12.4 Å². The van der Waals surface area contributed by atoms with Crippen molar-refractivity contribution in [2.75, 3.05) is 32.8 Å². The highest BCUT2D eigenvalue weighted by atomic mass is 32.2. The number of rotatable bonds is 2. The number of nitrogens with zero attached hydrogens (tertiary/aromatic N) is 2. The predicted molar refractivity (Wildman–Crippen MR) is 141 cm³/mol. The lowest BCUT2D eigenvalue weighted by Crippen LogP contribution is -2.44. The summed E-state index contributed by atoms with van der Waals surface area (Å²) in [7, 11) is 0. The number of fused-ring (bicyclic) bond motifs is 2. The van der Waals surface area contributed by atoms with E-state index in [4.69, 9.17) is 0 Å². The fraction of sp³-hybridized carbons (Fsp3) is 0.704. The van der Waals surface area contributed by atoms with Crippen molar-refractivity contribution in [3.8, 4) is 0 Å². The molecule has 2 fully saturated rings. The molecule has 0 unspecified atom stereocenters. The molecule has 0 aromatic carbocycles. The van der Waals surface area contributed by atoms with Gasteiger partial charge >= 0.3 is 0 Å². The maximum Gasteiger partial charge on any atom is 0.0684 e. The minimum absolute atomic E-state index is 0.637. The molecule has 4 aliphatic rings. The van der Waals surface area contributed by atoms with Crippen molar-refractivity contribution in [3.63, 3.8) is 0 Å². The highest BCUT2D eigenvalue weighted by molar-refractivity contribution is 7.95. The van der Waals surface area contributed by atoms with Gasteiger partial charge in [-0.15, -0.1) is 0 Å². The Labute approximate surface area is 201 Å². The zero-order chi connectivity index (χ0) is 23.4. The summed E-state index contributed by atoms with van der Waals surface area (Å²) in [5.41, 5.74) is 12.5. The lowest BCUT2D eigenvalue weighted by atomic mass is 9.88. The van der Waals surface area contributed by atoms with E-state index in [9.17, 15) is 0 Å². The van der Waals surface area contributed by atoms with Gasteiger partial charge in [0.1, 0.15) is 0 Å².